The summed E-state index contributed by atoms with van der Waals surface area (Å²) in [5.74, 6) is 0. The number of hydrogen-bond acceptors (Lipinski definition) is 2. The smallest absolute Gasteiger partial charge is 0.00460 e. The van der Waals surface area contributed by atoms with Gasteiger partial charge >= 0.3 is 0 Å². The molecule has 1 aliphatic rings. The molecule has 0 aliphatic heterocycles. The summed E-state index contributed by atoms with van der Waals surface area (Å²) < 4.78 is 0. The van der Waals surface area contributed by atoms with E-state index in [1.165, 1.54) is 68.7 Å². The van der Waals surface area contributed by atoms with Crippen molar-refractivity contribution in [2.24, 2.45) is 5.73 Å². The Kier molecular flexibility index (Phi) is 37.1. The molecule has 0 aromatic heterocycles. The van der Waals surface area contributed by atoms with Crippen LogP contribution in [-0.2, 0) is 0 Å². The van der Waals surface area contributed by atoms with Gasteiger partial charge in [-0.05, 0) is 96.1 Å². The summed E-state index contributed by atoms with van der Waals surface area (Å²) in [5.41, 5.74) is 11.8. The van der Waals surface area contributed by atoms with E-state index in [9.17, 15) is 0 Å². The Hall–Kier alpha value is -1.64. The van der Waals surface area contributed by atoms with Gasteiger partial charge in [0, 0.05) is 0 Å². The van der Waals surface area contributed by atoms with Gasteiger partial charge in [-0.25, -0.2) is 0 Å². The first-order valence-electron chi connectivity index (χ1n) is 12.6. The SMILES string of the molecule is C=C.C=C1CCCC/C1=C(/C)CCCNCC.CC.CCC.CN.Cc1ccccc1C. The standard InChI is InChI=1S/C14H25N.C8H10.C3H8.C2H6.C2H4.CH5N/c1-4-15-11-7-9-13(3)14-10-6-5-8-12(14)2;1-7-5-3-4-6-8(7)2;1-3-2;3*1-2/h15H,2,4-11H2,1,3H3;3-6H,1-2H3;3H2,1-2H3;1-2H3;1-2H2;2H2,1H3/b14-13+;;;;;. The Labute approximate surface area is 203 Å². The summed E-state index contributed by atoms with van der Waals surface area (Å²) in [6.45, 7) is 29.4. The molecule has 2 heteroatoms. The minimum Gasteiger partial charge on any atom is -0.333 e. The highest BCUT2D eigenvalue weighted by Crippen LogP contribution is 2.30. The third-order valence-corrected chi connectivity index (χ3v) is 4.68. The van der Waals surface area contributed by atoms with Crippen molar-refractivity contribution in [3.63, 3.8) is 0 Å². The molecule has 2 nitrogen and oxygen atoms in total. The van der Waals surface area contributed by atoms with E-state index in [2.05, 4.69) is 96.6 Å². The van der Waals surface area contributed by atoms with Crippen LogP contribution in [0.2, 0.25) is 0 Å². The van der Waals surface area contributed by atoms with Crippen molar-refractivity contribution in [2.45, 2.75) is 100 Å². The minimum atomic E-state index is 1.09. The van der Waals surface area contributed by atoms with Crippen LogP contribution in [0.3, 0.4) is 0 Å². The van der Waals surface area contributed by atoms with Crippen LogP contribution in [0.15, 0.2) is 60.7 Å². The molecule has 2 rings (SSSR count). The van der Waals surface area contributed by atoms with Gasteiger partial charge < -0.3 is 11.1 Å². The van der Waals surface area contributed by atoms with Crippen LogP contribution in [0.4, 0.5) is 0 Å². The summed E-state index contributed by atoms with van der Waals surface area (Å²) in [5, 5.41) is 3.37. The van der Waals surface area contributed by atoms with E-state index in [0.717, 1.165) is 13.1 Å². The second kappa shape index (κ2) is 31.5. The summed E-state index contributed by atoms with van der Waals surface area (Å²) in [7, 11) is 1.50. The zero-order valence-corrected chi connectivity index (χ0v) is 23.4. The Morgan fingerprint density at radius 1 is 0.938 bits per heavy atom. The summed E-state index contributed by atoms with van der Waals surface area (Å²) in [6.07, 6.45) is 8.94. The molecular weight excluding hydrogens is 388 g/mol. The zero-order chi connectivity index (χ0) is 25.8. The second-order valence-corrected chi connectivity index (χ2v) is 7.32. The van der Waals surface area contributed by atoms with Gasteiger partial charge in [0.1, 0.15) is 0 Å². The number of benzene rings is 1. The number of hydrogen-bond donors (Lipinski definition) is 2. The van der Waals surface area contributed by atoms with E-state index in [1.807, 2.05) is 13.8 Å². The Bertz CT molecular complexity index is 523. The number of nitrogens with one attached hydrogen (secondary N) is 1. The van der Waals surface area contributed by atoms with Crippen LogP contribution in [0.5, 0.6) is 0 Å². The molecule has 1 saturated carbocycles. The molecule has 1 aromatic carbocycles. The van der Waals surface area contributed by atoms with E-state index < -0.39 is 0 Å². The predicted molar refractivity (Wildman–Crippen MR) is 153 cm³/mol. The lowest BCUT2D eigenvalue weighted by atomic mass is 9.86. The van der Waals surface area contributed by atoms with E-state index in [4.69, 9.17) is 0 Å². The third-order valence-electron chi connectivity index (χ3n) is 4.68. The largest absolute Gasteiger partial charge is 0.333 e. The Balaban J connectivity index is -0.000000194. The van der Waals surface area contributed by atoms with Crippen LogP contribution in [0.25, 0.3) is 0 Å². The number of aryl methyl sites for hydroxylation is 2. The second-order valence-electron chi connectivity index (χ2n) is 7.32. The van der Waals surface area contributed by atoms with Gasteiger partial charge in [-0.1, -0.05) is 83.0 Å². The average Bonchev–Trinajstić information content (AvgIpc) is 2.84. The van der Waals surface area contributed by atoms with Crippen molar-refractivity contribution in [2.75, 3.05) is 20.1 Å². The van der Waals surface area contributed by atoms with Crippen LogP contribution in [-0.4, -0.2) is 20.1 Å². The fourth-order valence-corrected chi connectivity index (χ4v) is 2.95. The molecule has 32 heavy (non-hydrogen) atoms. The van der Waals surface area contributed by atoms with Crippen LogP contribution in [0, 0.1) is 13.8 Å². The molecule has 0 spiro atoms. The number of nitrogens with two attached hydrogens (primary N) is 1. The average molecular weight is 447 g/mol. The molecule has 0 unspecified atom stereocenters. The third kappa shape index (κ3) is 23.0. The molecule has 0 bridgehead atoms. The van der Waals surface area contributed by atoms with Gasteiger partial charge in [0.15, 0.2) is 0 Å². The first-order valence-corrected chi connectivity index (χ1v) is 12.6. The van der Waals surface area contributed by atoms with Gasteiger partial charge in [-0.3, -0.25) is 0 Å². The fourth-order valence-electron chi connectivity index (χ4n) is 2.95. The monoisotopic (exact) mass is 446 g/mol. The highest BCUT2D eigenvalue weighted by molar-refractivity contribution is 5.34. The van der Waals surface area contributed by atoms with Crippen molar-refractivity contribution in [3.8, 4) is 0 Å². The summed E-state index contributed by atoms with van der Waals surface area (Å²) >= 11 is 0. The molecule has 0 saturated heterocycles. The van der Waals surface area contributed by atoms with Crippen molar-refractivity contribution in [1.29, 1.82) is 0 Å². The van der Waals surface area contributed by atoms with Crippen molar-refractivity contribution < 1.29 is 0 Å². The lowest BCUT2D eigenvalue weighted by Gasteiger charge is -2.20. The molecule has 3 N–H and O–H groups in total. The van der Waals surface area contributed by atoms with Gasteiger partial charge in [-0.15, -0.1) is 13.2 Å². The summed E-state index contributed by atoms with van der Waals surface area (Å²) in [4.78, 5) is 0. The zero-order valence-electron chi connectivity index (χ0n) is 23.4. The molecule has 1 aromatic rings. The first kappa shape index (κ1) is 37.7. The topological polar surface area (TPSA) is 38.0 Å². The van der Waals surface area contributed by atoms with Gasteiger partial charge in [-0.2, -0.15) is 0 Å². The lowest BCUT2D eigenvalue weighted by Crippen LogP contribution is -2.14. The number of rotatable bonds is 5. The van der Waals surface area contributed by atoms with Gasteiger partial charge in [0.25, 0.3) is 0 Å². The summed E-state index contributed by atoms with van der Waals surface area (Å²) in [6, 6.07) is 8.36. The highest BCUT2D eigenvalue weighted by atomic mass is 14.8. The molecule has 0 atom stereocenters. The van der Waals surface area contributed by atoms with E-state index in [1.54, 1.807) is 11.1 Å². The maximum atomic E-state index is 4.50. The van der Waals surface area contributed by atoms with Crippen LogP contribution >= 0.6 is 0 Å². The number of allylic oxidation sites excluding steroid dienone is 3. The molecule has 1 aliphatic carbocycles. The van der Waals surface area contributed by atoms with Crippen LogP contribution < -0.4 is 11.1 Å². The van der Waals surface area contributed by atoms with Crippen molar-refractivity contribution in [1.82, 2.24) is 5.32 Å². The molecule has 0 amide bonds. The quantitative estimate of drug-likeness (QED) is 0.350. The van der Waals surface area contributed by atoms with E-state index in [-0.39, 0.29) is 0 Å². The van der Waals surface area contributed by atoms with Crippen LogP contribution in [0.1, 0.15) is 97.6 Å². The molecule has 188 valence electrons. The van der Waals surface area contributed by atoms with Crippen molar-refractivity contribution >= 4 is 0 Å². The molecular formula is C30H58N2. The molecule has 0 heterocycles. The molecule has 1 fully saturated rings. The highest BCUT2D eigenvalue weighted by Gasteiger charge is 2.11. The maximum absolute atomic E-state index is 4.50. The molecule has 0 radical (unpaired) electrons. The van der Waals surface area contributed by atoms with E-state index >= 15 is 0 Å². The Morgan fingerprint density at radius 3 is 1.75 bits per heavy atom. The van der Waals surface area contributed by atoms with E-state index in [0.29, 0.717) is 0 Å². The maximum Gasteiger partial charge on any atom is -0.00460 e. The van der Waals surface area contributed by atoms with Gasteiger partial charge in [0.05, 0.1) is 0 Å². The predicted octanol–water partition coefficient (Wildman–Crippen LogP) is 8.95. The Morgan fingerprint density at radius 2 is 1.38 bits per heavy atom. The first-order chi connectivity index (χ1) is 15.5. The normalized spacial score (nSPS) is 13.0. The van der Waals surface area contributed by atoms with Crippen molar-refractivity contribution in [3.05, 3.63) is 71.8 Å². The lowest BCUT2D eigenvalue weighted by molar-refractivity contribution is 0.648. The fraction of sp³-hybridized carbons (Fsp3) is 0.600. The minimum absolute atomic E-state index is 1.09. The van der Waals surface area contributed by atoms with Gasteiger partial charge in [0.2, 0.25) is 0 Å².